The van der Waals surface area contributed by atoms with Gasteiger partial charge in [0.15, 0.2) is 0 Å². The molecule has 0 aromatic carbocycles. The molecule has 58 valence electrons. The normalized spacial score (nSPS) is 23.7. The van der Waals surface area contributed by atoms with Crippen LogP contribution in [0.25, 0.3) is 0 Å². The summed E-state index contributed by atoms with van der Waals surface area (Å²) in [4.78, 5) is 0. The number of allylic oxidation sites excluding steroid dienone is 4. The fourth-order valence-corrected chi connectivity index (χ4v) is 1.32. The Morgan fingerprint density at radius 2 is 2.45 bits per heavy atom. The molecule has 0 aromatic rings. The van der Waals surface area contributed by atoms with Crippen molar-refractivity contribution in [3.63, 3.8) is 0 Å². The van der Waals surface area contributed by atoms with Crippen molar-refractivity contribution in [2.24, 2.45) is 5.92 Å². The van der Waals surface area contributed by atoms with Crippen molar-refractivity contribution < 1.29 is 0 Å². The highest BCUT2D eigenvalue weighted by atomic mass is 14.1. The van der Waals surface area contributed by atoms with Gasteiger partial charge in [-0.3, -0.25) is 0 Å². The van der Waals surface area contributed by atoms with E-state index in [0.717, 1.165) is 12.3 Å². The van der Waals surface area contributed by atoms with E-state index in [9.17, 15) is 0 Å². The van der Waals surface area contributed by atoms with Crippen molar-refractivity contribution in [3.8, 4) is 12.3 Å². The van der Waals surface area contributed by atoms with E-state index >= 15 is 0 Å². The van der Waals surface area contributed by atoms with Gasteiger partial charge >= 0.3 is 0 Å². The molecule has 0 amide bonds. The third-order valence-electron chi connectivity index (χ3n) is 1.95. The molecule has 1 aliphatic carbocycles. The van der Waals surface area contributed by atoms with Crippen LogP contribution in [-0.4, -0.2) is 0 Å². The zero-order valence-corrected chi connectivity index (χ0v) is 6.79. The van der Waals surface area contributed by atoms with Crippen LogP contribution >= 0.6 is 0 Å². The van der Waals surface area contributed by atoms with Gasteiger partial charge < -0.3 is 0 Å². The summed E-state index contributed by atoms with van der Waals surface area (Å²) >= 11 is 0. The summed E-state index contributed by atoms with van der Waals surface area (Å²) in [5, 5.41) is 0. The Labute approximate surface area is 69.0 Å². The molecule has 11 heavy (non-hydrogen) atoms. The molecule has 1 unspecified atom stereocenters. The Morgan fingerprint density at radius 3 is 3.09 bits per heavy atom. The zero-order valence-electron chi connectivity index (χ0n) is 6.79. The van der Waals surface area contributed by atoms with Gasteiger partial charge in [0.1, 0.15) is 0 Å². The molecule has 0 heterocycles. The lowest BCUT2D eigenvalue weighted by Gasteiger charge is -2.12. The first-order chi connectivity index (χ1) is 5.43. The van der Waals surface area contributed by atoms with Crippen molar-refractivity contribution >= 4 is 0 Å². The maximum absolute atomic E-state index is 5.13. The van der Waals surface area contributed by atoms with E-state index in [0.29, 0.717) is 0 Å². The van der Waals surface area contributed by atoms with Gasteiger partial charge in [0, 0.05) is 6.42 Å². The average molecular weight is 146 g/mol. The average Bonchev–Trinajstić information content (AvgIpc) is 2.07. The van der Waals surface area contributed by atoms with Crippen molar-refractivity contribution in [1.82, 2.24) is 0 Å². The van der Waals surface area contributed by atoms with Gasteiger partial charge in [-0.05, 0) is 25.2 Å². The number of hydrogen-bond acceptors (Lipinski definition) is 0. The molecule has 0 saturated carbocycles. The molecule has 1 rings (SSSR count). The summed E-state index contributed by atoms with van der Waals surface area (Å²) < 4.78 is 0. The van der Waals surface area contributed by atoms with E-state index in [4.69, 9.17) is 6.42 Å². The molecule has 0 heteroatoms. The molecule has 0 fully saturated rings. The van der Waals surface area contributed by atoms with E-state index in [1.807, 2.05) is 0 Å². The molecular formula is C11H14. The van der Waals surface area contributed by atoms with Gasteiger partial charge in [0.25, 0.3) is 0 Å². The van der Waals surface area contributed by atoms with E-state index in [2.05, 4.69) is 30.2 Å². The highest BCUT2D eigenvalue weighted by Crippen LogP contribution is 2.18. The molecule has 0 N–H and O–H groups in total. The first-order valence-corrected chi connectivity index (χ1v) is 4.18. The SMILES string of the molecule is C#CCC=CC1CC=CCC1. The quantitative estimate of drug-likeness (QED) is 0.415. The van der Waals surface area contributed by atoms with Crippen molar-refractivity contribution in [3.05, 3.63) is 24.3 Å². The predicted molar refractivity (Wildman–Crippen MR) is 49.1 cm³/mol. The summed E-state index contributed by atoms with van der Waals surface area (Å²) in [5.41, 5.74) is 0. The fraction of sp³-hybridized carbons (Fsp3) is 0.455. The summed E-state index contributed by atoms with van der Waals surface area (Å²) in [6, 6.07) is 0. The fourth-order valence-electron chi connectivity index (χ4n) is 1.32. The molecule has 0 spiro atoms. The Kier molecular flexibility index (Phi) is 3.55. The van der Waals surface area contributed by atoms with E-state index in [-0.39, 0.29) is 0 Å². The Bertz CT molecular complexity index is 191. The van der Waals surface area contributed by atoms with E-state index in [1.165, 1.54) is 19.3 Å². The lowest BCUT2D eigenvalue weighted by atomic mass is 9.94. The molecule has 0 bridgehead atoms. The maximum atomic E-state index is 5.13. The highest BCUT2D eigenvalue weighted by Gasteiger charge is 2.04. The van der Waals surface area contributed by atoms with Crippen molar-refractivity contribution in [1.29, 1.82) is 0 Å². The predicted octanol–water partition coefficient (Wildman–Crippen LogP) is 2.92. The largest absolute Gasteiger partial charge is 0.120 e. The summed E-state index contributed by atoms with van der Waals surface area (Å²) in [6.45, 7) is 0. The Morgan fingerprint density at radius 1 is 1.55 bits per heavy atom. The van der Waals surface area contributed by atoms with Crippen LogP contribution in [0.2, 0.25) is 0 Å². The van der Waals surface area contributed by atoms with Crippen LogP contribution in [0.3, 0.4) is 0 Å². The van der Waals surface area contributed by atoms with Gasteiger partial charge in [-0.1, -0.05) is 24.3 Å². The highest BCUT2D eigenvalue weighted by molar-refractivity contribution is 5.02. The lowest BCUT2D eigenvalue weighted by Crippen LogP contribution is -1.97. The number of hydrogen-bond donors (Lipinski definition) is 0. The van der Waals surface area contributed by atoms with E-state index in [1.54, 1.807) is 0 Å². The molecule has 0 aromatic heterocycles. The minimum absolute atomic E-state index is 0.744. The summed E-state index contributed by atoms with van der Waals surface area (Å²) in [5.74, 6) is 3.35. The van der Waals surface area contributed by atoms with Crippen LogP contribution in [0, 0.1) is 18.3 Å². The van der Waals surface area contributed by atoms with Gasteiger partial charge in [-0.2, -0.15) is 0 Å². The van der Waals surface area contributed by atoms with Crippen molar-refractivity contribution in [2.45, 2.75) is 25.7 Å². The molecule has 0 nitrogen and oxygen atoms in total. The molecular weight excluding hydrogens is 132 g/mol. The first-order valence-electron chi connectivity index (χ1n) is 4.18. The maximum Gasteiger partial charge on any atom is 0.0267 e. The monoisotopic (exact) mass is 146 g/mol. The van der Waals surface area contributed by atoms with Crippen LogP contribution in [0.1, 0.15) is 25.7 Å². The van der Waals surface area contributed by atoms with Gasteiger partial charge in [-0.25, -0.2) is 0 Å². The molecule has 0 saturated heterocycles. The van der Waals surface area contributed by atoms with Gasteiger partial charge in [0.2, 0.25) is 0 Å². The van der Waals surface area contributed by atoms with Crippen LogP contribution in [0.4, 0.5) is 0 Å². The zero-order chi connectivity index (χ0) is 7.94. The standard InChI is InChI=1S/C11H14/c1-2-3-5-8-11-9-6-4-7-10-11/h1,4-6,8,11H,3,7,9-10H2. The molecule has 1 atom stereocenters. The van der Waals surface area contributed by atoms with Crippen LogP contribution in [-0.2, 0) is 0 Å². The second-order valence-corrected chi connectivity index (χ2v) is 2.88. The lowest BCUT2D eigenvalue weighted by molar-refractivity contribution is 0.583. The minimum Gasteiger partial charge on any atom is -0.120 e. The Hall–Kier alpha value is -0.960. The molecule has 1 aliphatic rings. The smallest absolute Gasteiger partial charge is 0.0267 e. The van der Waals surface area contributed by atoms with Crippen LogP contribution in [0.15, 0.2) is 24.3 Å². The summed E-state index contributed by atoms with van der Waals surface area (Å²) in [7, 11) is 0. The third-order valence-corrected chi connectivity index (χ3v) is 1.95. The molecule has 0 radical (unpaired) electrons. The summed E-state index contributed by atoms with van der Waals surface area (Å²) in [6.07, 6.45) is 18.5. The van der Waals surface area contributed by atoms with Gasteiger partial charge in [-0.15, -0.1) is 12.3 Å². The number of rotatable bonds is 2. The van der Waals surface area contributed by atoms with E-state index < -0.39 is 0 Å². The second kappa shape index (κ2) is 4.79. The van der Waals surface area contributed by atoms with Gasteiger partial charge in [0.05, 0.1) is 0 Å². The second-order valence-electron chi connectivity index (χ2n) is 2.88. The third kappa shape index (κ3) is 3.09. The van der Waals surface area contributed by atoms with Crippen LogP contribution < -0.4 is 0 Å². The first kappa shape index (κ1) is 8.14. The topological polar surface area (TPSA) is 0 Å². The Balaban J connectivity index is 2.26. The minimum atomic E-state index is 0.744. The number of terminal acetylenes is 1. The molecule has 0 aliphatic heterocycles. The van der Waals surface area contributed by atoms with Crippen molar-refractivity contribution in [2.75, 3.05) is 0 Å². The van der Waals surface area contributed by atoms with Crippen LogP contribution in [0.5, 0.6) is 0 Å².